The lowest BCUT2D eigenvalue weighted by molar-refractivity contribution is -0.134. The second-order valence-corrected chi connectivity index (χ2v) is 7.98. The Kier molecular flexibility index (Phi) is 5.36. The number of fused-ring (bicyclic) bond motifs is 1. The Morgan fingerprint density at radius 2 is 2.18 bits per heavy atom. The molecule has 146 valence electrons. The first-order chi connectivity index (χ1) is 13.6. The lowest BCUT2D eigenvalue weighted by Gasteiger charge is -2.34. The van der Waals surface area contributed by atoms with Gasteiger partial charge in [0.2, 0.25) is 16.8 Å². The van der Waals surface area contributed by atoms with Gasteiger partial charge in [-0.15, -0.1) is 0 Å². The van der Waals surface area contributed by atoms with Crippen molar-refractivity contribution in [3.8, 4) is 0 Å². The van der Waals surface area contributed by atoms with Crippen LogP contribution < -0.4 is 10.6 Å². The van der Waals surface area contributed by atoms with Crippen LogP contribution in [0.1, 0.15) is 22.7 Å². The molecule has 1 aliphatic rings. The highest BCUT2D eigenvalue weighted by atomic mass is 32.1. The third-order valence-electron chi connectivity index (χ3n) is 4.71. The van der Waals surface area contributed by atoms with Crippen molar-refractivity contribution in [3.05, 3.63) is 52.8 Å². The summed E-state index contributed by atoms with van der Waals surface area (Å²) in [5.41, 5.74) is 1.88. The molecule has 0 aliphatic carbocycles. The number of hydrogen-bond acceptors (Lipinski definition) is 6. The Hall–Kier alpha value is -2.78. The van der Waals surface area contributed by atoms with E-state index in [0.717, 1.165) is 27.8 Å². The van der Waals surface area contributed by atoms with Crippen molar-refractivity contribution in [1.82, 2.24) is 30.1 Å². The van der Waals surface area contributed by atoms with Gasteiger partial charge in [0.15, 0.2) is 0 Å². The monoisotopic (exact) mass is 398 g/mol. The van der Waals surface area contributed by atoms with E-state index in [-0.39, 0.29) is 18.2 Å². The second kappa shape index (κ2) is 8.07. The number of piperazine rings is 1. The van der Waals surface area contributed by atoms with Crippen LogP contribution >= 0.6 is 11.3 Å². The van der Waals surface area contributed by atoms with Gasteiger partial charge in [0, 0.05) is 19.6 Å². The number of nitrogens with one attached hydrogen (secondary N) is 2. The fraction of sp³-hybridized carbons (Fsp3) is 0.368. The zero-order chi connectivity index (χ0) is 19.5. The van der Waals surface area contributed by atoms with Crippen molar-refractivity contribution in [2.24, 2.45) is 0 Å². The van der Waals surface area contributed by atoms with Crippen molar-refractivity contribution in [2.45, 2.75) is 32.5 Å². The summed E-state index contributed by atoms with van der Waals surface area (Å²) in [5.74, 6) is -0.264. The van der Waals surface area contributed by atoms with Gasteiger partial charge in [0.25, 0.3) is 0 Å². The quantitative estimate of drug-likeness (QED) is 0.649. The third kappa shape index (κ3) is 4.20. The molecule has 3 aromatic rings. The SMILES string of the molecule is Cc1nn2cc(CNC(=O)CC3C(=O)NCCN3Cc3ccccc3)nc2s1. The standard InChI is InChI=1S/C19H22N6O2S/c1-13-23-25-12-15(22-19(25)28-13)10-21-17(26)9-16-18(27)20-7-8-24(16)11-14-5-3-2-4-6-14/h2-6,12,16H,7-11H2,1H3,(H,20,27)(H,21,26). The molecule has 1 unspecified atom stereocenters. The van der Waals surface area contributed by atoms with Crippen LogP contribution in [0.3, 0.4) is 0 Å². The summed E-state index contributed by atoms with van der Waals surface area (Å²) < 4.78 is 1.72. The lowest BCUT2D eigenvalue weighted by Crippen LogP contribution is -2.56. The first-order valence-corrected chi connectivity index (χ1v) is 10.0. The van der Waals surface area contributed by atoms with E-state index in [1.54, 1.807) is 4.52 Å². The number of carbonyl (C=O) groups excluding carboxylic acids is 2. The van der Waals surface area contributed by atoms with Gasteiger partial charge in [0.1, 0.15) is 5.01 Å². The van der Waals surface area contributed by atoms with E-state index in [9.17, 15) is 9.59 Å². The first-order valence-electron chi connectivity index (χ1n) is 9.22. The minimum atomic E-state index is -0.469. The molecule has 1 fully saturated rings. The molecule has 0 bridgehead atoms. The average molecular weight is 398 g/mol. The molecule has 8 nitrogen and oxygen atoms in total. The molecule has 2 amide bonds. The number of benzene rings is 1. The Bertz CT molecular complexity index is 951. The largest absolute Gasteiger partial charge is 0.353 e. The zero-order valence-corrected chi connectivity index (χ0v) is 16.4. The summed E-state index contributed by atoms with van der Waals surface area (Å²) in [4.78, 5) is 32.2. The van der Waals surface area contributed by atoms with E-state index < -0.39 is 6.04 Å². The molecule has 0 spiro atoms. The van der Waals surface area contributed by atoms with Crippen molar-refractivity contribution >= 4 is 28.1 Å². The van der Waals surface area contributed by atoms with Crippen LogP contribution in [0.4, 0.5) is 0 Å². The zero-order valence-electron chi connectivity index (χ0n) is 15.6. The van der Waals surface area contributed by atoms with Gasteiger partial charge in [-0.3, -0.25) is 14.5 Å². The number of imidazole rings is 1. The van der Waals surface area contributed by atoms with Gasteiger partial charge in [-0.2, -0.15) is 5.10 Å². The number of nitrogens with zero attached hydrogens (tertiary/aromatic N) is 4. The maximum atomic E-state index is 12.5. The highest BCUT2D eigenvalue weighted by Crippen LogP contribution is 2.15. The topological polar surface area (TPSA) is 91.6 Å². The average Bonchev–Trinajstić information content (AvgIpc) is 3.20. The molecule has 4 rings (SSSR count). The molecule has 0 radical (unpaired) electrons. The molecule has 1 aliphatic heterocycles. The van der Waals surface area contributed by atoms with Crippen LogP contribution in [0.2, 0.25) is 0 Å². The summed E-state index contributed by atoms with van der Waals surface area (Å²) >= 11 is 1.51. The molecule has 1 atom stereocenters. The molecule has 1 aromatic carbocycles. The van der Waals surface area contributed by atoms with E-state index in [1.807, 2.05) is 43.5 Å². The van der Waals surface area contributed by atoms with E-state index in [2.05, 4.69) is 25.6 Å². The van der Waals surface area contributed by atoms with E-state index >= 15 is 0 Å². The summed E-state index contributed by atoms with van der Waals surface area (Å²) in [6.07, 6.45) is 1.94. The highest BCUT2D eigenvalue weighted by molar-refractivity contribution is 7.16. The fourth-order valence-electron chi connectivity index (χ4n) is 3.36. The summed E-state index contributed by atoms with van der Waals surface area (Å²) in [6.45, 7) is 4.22. The maximum absolute atomic E-state index is 12.5. The fourth-order valence-corrected chi connectivity index (χ4v) is 4.10. The van der Waals surface area contributed by atoms with Crippen molar-refractivity contribution in [2.75, 3.05) is 13.1 Å². The first kappa shape index (κ1) is 18.6. The van der Waals surface area contributed by atoms with Crippen LogP contribution in [0, 0.1) is 6.92 Å². The second-order valence-electron chi connectivity index (χ2n) is 6.82. The third-order valence-corrected chi connectivity index (χ3v) is 5.55. The molecule has 28 heavy (non-hydrogen) atoms. The number of amides is 2. The smallest absolute Gasteiger partial charge is 0.237 e. The molecule has 1 saturated heterocycles. The Morgan fingerprint density at radius 1 is 1.36 bits per heavy atom. The predicted molar refractivity (Wildman–Crippen MR) is 106 cm³/mol. The molecule has 9 heteroatoms. The van der Waals surface area contributed by atoms with Crippen molar-refractivity contribution in [3.63, 3.8) is 0 Å². The van der Waals surface area contributed by atoms with Crippen molar-refractivity contribution < 1.29 is 9.59 Å². The van der Waals surface area contributed by atoms with Gasteiger partial charge in [0.05, 0.1) is 30.9 Å². The minimum Gasteiger partial charge on any atom is -0.353 e. The van der Waals surface area contributed by atoms with E-state index in [0.29, 0.717) is 19.6 Å². The number of aryl methyl sites for hydroxylation is 1. The van der Waals surface area contributed by atoms with E-state index in [1.165, 1.54) is 11.3 Å². The molecular formula is C19H22N6O2S. The molecule has 2 aromatic heterocycles. The minimum absolute atomic E-state index is 0.0977. The normalized spacial score (nSPS) is 17.6. The highest BCUT2D eigenvalue weighted by Gasteiger charge is 2.31. The number of rotatable bonds is 6. The Labute approximate surface area is 166 Å². The summed E-state index contributed by atoms with van der Waals surface area (Å²) in [7, 11) is 0. The van der Waals surface area contributed by atoms with Crippen LogP contribution in [0.25, 0.3) is 4.96 Å². The van der Waals surface area contributed by atoms with Gasteiger partial charge >= 0.3 is 0 Å². The molecular weight excluding hydrogens is 376 g/mol. The predicted octanol–water partition coefficient (Wildman–Crippen LogP) is 1.11. The van der Waals surface area contributed by atoms with Crippen LogP contribution in [0.5, 0.6) is 0 Å². The van der Waals surface area contributed by atoms with Crippen molar-refractivity contribution in [1.29, 1.82) is 0 Å². The van der Waals surface area contributed by atoms with Gasteiger partial charge in [-0.1, -0.05) is 41.7 Å². The number of hydrogen-bond donors (Lipinski definition) is 2. The number of carbonyl (C=O) groups is 2. The van der Waals surface area contributed by atoms with Gasteiger partial charge in [-0.05, 0) is 12.5 Å². The molecule has 3 heterocycles. The summed E-state index contributed by atoms with van der Waals surface area (Å²) in [5, 5.41) is 11.0. The maximum Gasteiger partial charge on any atom is 0.237 e. The van der Waals surface area contributed by atoms with E-state index in [4.69, 9.17) is 0 Å². The number of aromatic nitrogens is 3. The molecule has 2 N–H and O–H groups in total. The molecule has 0 saturated carbocycles. The van der Waals surface area contributed by atoms with Crippen LogP contribution in [0.15, 0.2) is 36.5 Å². The van der Waals surface area contributed by atoms with Crippen LogP contribution in [-0.2, 0) is 22.7 Å². The Morgan fingerprint density at radius 3 is 2.96 bits per heavy atom. The van der Waals surface area contributed by atoms with Gasteiger partial charge in [-0.25, -0.2) is 9.50 Å². The van der Waals surface area contributed by atoms with Gasteiger partial charge < -0.3 is 10.6 Å². The lowest BCUT2D eigenvalue weighted by atomic mass is 10.1. The van der Waals surface area contributed by atoms with Crippen LogP contribution in [-0.4, -0.2) is 50.4 Å². The summed E-state index contributed by atoms with van der Waals surface area (Å²) in [6, 6.07) is 9.52. The Balaban J connectivity index is 1.36.